The van der Waals surface area contributed by atoms with Crippen LogP contribution in [-0.2, 0) is 0 Å². The van der Waals surface area contributed by atoms with E-state index in [-0.39, 0.29) is 0 Å². The lowest BCUT2D eigenvalue weighted by atomic mass is 10.1. The van der Waals surface area contributed by atoms with E-state index in [0.29, 0.717) is 11.4 Å². The molecule has 0 saturated carbocycles. The number of hydrogen-bond donors (Lipinski definition) is 0. The Labute approximate surface area is 395 Å². The van der Waals surface area contributed by atoms with E-state index in [0.717, 1.165) is 84.6 Å². The van der Waals surface area contributed by atoms with E-state index < -0.39 is 0 Å². The van der Waals surface area contributed by atoms with E-state index in [9.17, 15) is 0 Å². The quantitative estimate of drug-likeness (QED) is 0.159. The highest BCUT2D eigenvalue weighted by Gasteiger charge is 2.19. The molecule has 14 rings (SSSR count). The first-order valence-electron chi connectivity index (χ1n) is 23.1. The van der Waals surface area contributed by atoms with Crippen LogP contribution >= 0.6 is 0 Å². The van der Waals surface area contributed by atoms with Gasteiger partial charge in [0.25, 0.3) is 0 Å². The van der Waals surface area contributed by atoms with Gasteiger partial charge in [0.15, 0.2) is 0 Å². The summed E-state index contributed by atoms with van der Waals surface area (Å²) in [6.07, 6.45) is 0. The first-order valence-corrected chi connectivity index (χ1v) is 23.1. The van der Waals surface area contributed by atoms with E-state index in [1.54, 1.807) is 0 Å². The van der Waals surface area contributed by atoms with Gasteiger partial charge < -0.3 is 4.57 Å². The van der Waals surface area contributed by atoms with Gasteiger partial charge in [-0.3, -0.25) is 9.13 Å². The molecule has 0 saturated heterocycles. The van der Waals surface area contributed by atoms with Crippen molar-refractivity contribution >= 4 is 65.4 Å². The topological polar surface area (TPSA) is 79.2 Å². The number of fused-ring (bicyclic) bond motifs is 9. The molecule has 0 N–H and O–H groups in total. The van der Waals surface area contributed by atoms with Gasteiger partial charge in [-0.25, -0.2) is 24.9 Å². The number of nitrogens with zero attached hydrogens (tertiary/aromatic N) is 8. The monoisotopic (exact) mass is 882 g/mol. The van der Waals surface area contributed by atoms with Gasteiger partial charge >= 0.3 is 0 Å². The predicted molar refractivity (Wildman–Crippen MR) is 280 cm³/mol. The number of benzene rings is 6. The Morgan fingerprint density at radius 3 is 0.783 bits per heavy atom. The van der Waals surface area contributed by atoms with Crippen LogP contribution < -0.4 is 0 Å². The average Bonchev–Trinajstić information content (AvgIpc) is 4.07. The third kappa shape index (κ3) is 6.27. The largest absolute Gasteiger partial charge is 0.309 e. The van der Waals surface area contributed by atoms with Crippen molar-refractivity contribution in [2.75, 3.05) is 0 Å². The van der Waals surface area contributed by atoms with Crippen molar-refractivity contribution in [2.45, 2.75) is 0 Å². The summed E-state index contributed by atoms with van der Waals surface area (Å²) in [6.45, 7) is 0. The average molecular weight is 883 g/mol. The van der Waals surface area contributed by atoms with Gasteiger partial charge in [0.1, 0.15) is 11.6 Å². The number of rotatable bonds is 7. The first-order chi connectivity index (χ1) is 34.2. The third-order valence-corrected chi connectivity index (χ3v) is 13.3. The minimum atomic E-state index is 0.712. The smallest absolute Gasteiger partial charge is 0.138 e. The van der Waals surface area contributed by atoms with Gasteiger partial charge in [0.05, 0.1) is 84.3 Å². The summed E-state index contributed by atoms with van der Waals surface area (Å²) < 4.78 is 6.79. The molecule has 0 aliphatic heterocycles. The Kier molecular flexibility index (Phi) is 8.72. The Hall–Kier alpha value is -9.53. The van der Waals surface area contributed by atoms with Crippen molar-refractivity contribution in [3.63, 3.8) is 0 Å². The highest BCUT2D eigenvalue weighted by molar-refractivity contribution is 6.11. The molecule has 0 radical (unpaired) electrons. The van der Waals surface area contributed by atoms with Crippen LogP contribution in [0.3, 0.4) is 0 Å². The highest BCUT2D eigenvalue weighted by atomic mass is 15.1. The molecule has 69 heavy (non-hydrogen) atoms. The number of pyridine rings is 5. The molecule has 8 aromatic heterocycles. The maximum absolute atomic E-state index is 5.38. The van der Waals surface area contributed by atoms with Crippen molar-refractivity contribution in [2.24, 2.45) is 0 Å². The van der Waals surface area contributed by atoms with Crippen LogP contribution in [0.2, 0.25) is 0 Å². The van der Waals surface area contributed by atoms with Crippen molar-refractivity contribution in [3.05, 3.63) is 231 Å². The summed E-state index contributed by atoms with van der Waals surface area (Å²) >= 11 is 0. The van der Waals surface area contributed by atoms with Crippen LogP contribution in [0.15, 0.2) is 231 Å². The maximum atomic E-state index is 5.38. The van der Waals surface area contributed by atoms with Crippen molar-refractivity contribution < 1.29 is 0 Å². The Morgan fingerprint density at radius 2 is 0.449 bits per heavy atom. The van der Waals surface area contributed by atoms with Gasteiger partial charge in [-0.1, -0.05) is 133 Å². The van der Waals surface area contributed by atoms with E-state index in [1.165, 1.54) is 32.3 Å². The molecule has 0 aliphatic rings. The van der Waals surface area contributed by atoms with E-state index in [1.807, 2.05) is 48.5 Å². The predicted octanol–water partition coefficient (Wildman–Crippen LogP) is 14.6. The second kappa shape index (κ2) is 15.5. The second-order valence-corrected chi connectivity index (χ2v) is 17.3. The Balaban J connectivity index is 0.914. The van der Waals surface area contributed by atoms with Gasteiger partial charge in [-0.2, -0.15) is 0 Å². The van der Waals surface area contributed by atoms with Gasteiger partial charge in [0, 0.05) is 32.3 Å². The maximum Gasteiger partial charge on any atom is 0.138 e. The number of para-hydroxylation sites is 6. The summed E-state index contributed by atoms with van der Waals surface area (Å²) in [6, 6.07) is 79.8. The fourth-order valence-corrected chi connectivity index (χ4v) is 10.3. The fraction of sp³-hybridized carbons (Fsp3) is 0. The minimum absolute atomic E-state index is 0.712. The summed E-state index contributed by atoms with van der Waals surface area (Å²) in [5.74, 6) is 1.65. The Morgan fingerprint density at radius 1 is 0.203 bits per heavy atom. The summed E-state index contributed by atoms with van der Waals surface area (Å²) in [7, 11) is 0. The number of hydrogen-bond acceptors (Lipinski definition) is 5. The fourth-order valence-electron chi connectivity index (χ4n) is 10.3. The highest BCUT2D eigenvalue weighted by Crippen LogP contribution is 2.37. The zero-order chi connectivity index (χ0) is 45.4. The van der Waals surface area contributed by atoms with E-state index in [2.05, 4.69) is 196 Å². The van der Waals surface area contributed by atoms with Crippen LogP contribution in [0.5, 0.6) is 0 Å². The molecule has 8 heteroatoms. The first kappa shape index (κ1) is 38.7. The molecule has 14 aromatic rings. The van der Waals surface area contributed by atoms with Crippen LogP contribution in [0.1, 0.15) is 0 Å². The van der Waals surface area contributed by atoms with Gasteiger partial charge in [0.2, 0.25) is 0 Å². The van der Waals surface area contributed by atoms with Crippen molar-refractivity contribution in [1.82, 2.24) is 38.6 Å². The molecular weight excluding hydrogens is 845 g/mol. The zero-order valence-electron chi connectivity index (χ0n) is 37.0. The lowest BCUT2D eigenvalue weighted by molar-refractivity contribution is 1.08. The molecular formula is C61H38N8. The molecule has 0 amide bonds. The summed E-state index contributed by atoms with van der Waals surface area (Å²) in [5.41, 5.74) is 13.4. The minimum Gasteiger partial charge on any atom is -0.309 e. The van der Waals surface area contributed by atoms with E-state index in [4.69, 9.17) is 24.9 Å². The lowest BCUT2D eigenvalue weighted by Crippen LogP contribution is -2.02. The van der Waals surface area contributed by atoms with Crippen LogP contribution in [0.4, 0.5) is 0 Å². The summed E-state index contributed by atoms with van der Waals surface area (Å²) in [4.78, 5) is 26.5. The molecule has 6 aromatic carbocycles. The third-order valence-electron chi connectivity index (χ3n) is 13.3. The molecule has 0 bridgehead atoms. The van der Waals surface area contributed by atoms with E-state index >= 15 is 0 Å². The normalized spacial score (nSPS) is 11.8. The second-order valence-electron chi connectivity index (χ2n) is 17.3. The SMILES string of the molecule is c1cc(-c2cc(-n3c4ccccc4c4ccccc43)cc(-c3cccc(-c4cccc(-n5c6ccccc6c6ccccc65)n4)n3)n2)nc(-c2cccc(-n3c4ccccc4c4ccccc43)n2)c1. The van der Waals surface area contributed by atoms with Crippen LogP contribution in [0.25, 0.3) is 128 Å². The lowest BCUT2D eigenvalue weighted by Gasteiger charge is -2.14. The standard InChI is InChI=1S/C61H38N8/c1-7-29-54-40(17-1)41-18-2-8-30-55(41)67(54)39-37-52(50-25-13-23-46(62-50)48-27-15-35-60(65-48)68-56-31-9-3-19-42(56)43-20-4-10-32-57(43)68)64-53(38-39)51-26-14-24-47(63-51)49-28-16-36-61(66-49)69-58-33-11-5-21-44(58)45-22-6-12-34-59(45)69/h1-38H. The molecule has 0 atom stereocenters. The molecule has 8 nitrogen and oxygen atoms in total. The molecule has 0 fully saturated rings. The van der Waals surface area contributed by atoms with Crippen LogP contribution in [0, 0.1) is 0 Å². The zero-order valence-corrected chi connectivity index (χ0v) is 37.0. The number of aromatic nitrogens is 8. The van der Waals surface area contributed by atoms with Gasteiger partial charge in [-0.15, -0.1) is 0 Å². The molecule has 322 valence electrons. The Bertz CT molecular complexity index is 3970. The molecule has 0 spiro atoms. The van der Waals surface area contributed by atoms with Crippen molar-refractivity contribution in [1.29, 1.82) is 0 Å². The summed E-state index contributed by atoms with van der Waals surface area (Å²) in [5, 5.41) is 7.11. The van der Waals surface area contributed by atoms with Crippen LogP contribution in [-0.4, -0.2) is 38.6 Å². The van der Waals surface area contributed by atoms with Gasteiger partial charge in [-0.05, 0) is 97.1 Å². The molecule has 0 unspecified atom stereocenters. The molecule has 8 heterocycles. The van der Waals surface area contributed by atoms with Crippen molar-refractivity contribution in [3.8, 4) is 62.9 Å². The molecule has 0 aliphatic carbocycles.